The van der Waals surface area contributed by atoms with Gasteiger partial charge < -0.3 is 20.4 Å². The van der Waals surface area contributed by atoms with Crippen molar-refractivity contribution in [1.82, 2.24) is 25.3 Å². The van der Waals surface area contributed by atoms with Crippen LogP contribution < -0.4 is 10.6 Å². The zero-order chi connectivity index (χ0) is 21.0. The quantitative estimate of drug-likeness (QED) is 0.388. The van der Waals surface area contributed by atoms with E-state index in [-0.39, 0.29) is 0 Å². The number of hydrogen-bond donors (Lipinski definition) is 2. The van der Waals surface area contributed by atoms with Gasteiger partial charge in [0, 0.05) is 51.9 Å². The smallest absolute Gasteiger partial charge is 0.191 e. The first-order chi connectivity index (χ1) is 14.7. The maximum atomic E-state index is 4.86. The number of nitrogens with zero attached hydrogens (tertiary/aromatic N) is 4. The van der Waals surface area contributed by atoms with E-state index in [2.05, 4.69) is 69.6 Å². The highest BCUT2D eigenvalue weighted by Crippen LogP contribution is 2.13. The molecule has 6 heteroatoms. The molecule has 2 heterocycles. The number of likely N-dealkylation sites (tertiary alicyclic amines) is 1. The standard InChI is InChI=1S/C24H42N6/c1-3-25-24(26-13-7-15-29-16-8-14-28(2)19-20-29)27-23-11-17-30(18-12-23)21-22-9-5-4-6-10-22/h4-6,9-10,23H,3,7-8,11-21H2,1-2H3,(H2,25,26,27). The van der Waals surface area contributed by atoms with Crippen LogP contribution in [0.1, 0.15) is 38.2 Å². The first-order valence-electron chi connectivity index (χ1n) is 11.9. The van der Waals surface area contributed by atoms with Crippen LogP contribution in [0.5, 0.6) is 0 Å². The average Bonchev–Trinajstić information content (AvgIpc) is 2.97. The molecule has 0 saturated carbocycles. The highest BCUT2D eigenvalue weighted by Gasteiger charge is 2.20. The molecule has 2 N–H and O–H groups in total. The molecule has 0 bridgehead atoms. The van der Waals surface area contributed by atoms with Gasteiger partial charge in [-0.3, -0.25) is 9.89 Å². The summed E-state index contributed by atoms with van der Waals surface area (Å²) in [5.41, 5.74) is 1.41. The molecule has 1 aromatic rings. The van der Waals surface area contributed by atoms with Crippen molar-refractivity contribution in [3.63, 3.8) is 0 Å². The van der Waals surface area contributed by atoms with Gasteiger partial charge in [0.2, 0.25) is 0 Å². The molecule has 0 radical (unpaired) electrons. The molecule has 1 aromatic carbocycles. The number of benzene rings is 1. The number of piperidine rings is 1. The van der Waals surface area contributed by atoms with Crippen molar-refractivity contribution in [2.24, 2.45) is 4.99 Å². The van der Waals surface area contributed by atoms with Crippen molar-refractivity contribution in [3.05, 3.63) is 35.9 Å². The Morgan fingerprint density at radius 1 is 1.00 bits per heavy atom. The SMILES string of the molecule is CCNC(=NCCCN1CCCN(C)CC1)NC1CCN(Cc2ccccc2)CC1. The first kappa shape index (κ1) is 23.0. The Kier molecular flexibility index (Phi) is 9.93. The van der Waals surface area contributed by atoms with E-state index in [0.717, 1.165) is 51.6 Å². The van der Waals surface area contributed by atoms with E-state index < -0.39 is 0 Å². The normalized spacial score (nSPS) is 20.8. The van der Waals surface area contributed by atoms with E-state index in [1.165, 1.54) is 51.0 Å². The molecule has 3 rings (SSSR count). The second-order valence-electron chi connectivity index (χ2n) is 8.79. The van der Waals surface area contributed by atoms with Gasteiger partial charge in [-0.15, -0.1) is 0 Å². The lowest BCUT2D eigenvalue weighted by Gasteiger charge is -2.33. The van der Waals surface area contributed by atoms with Crippen molar-refractivity contribution in [1.29, 1.82) is 0 Å². The van der Waals surface area contributed by atoms with Gasteiger partial charge in [-0.2, -0.15) is 0 Å². The van der Waals surface area contributed by atoms with Crippen molar-refractivity contribution in [3.8, 4) is 0 Å². The van der Waals surface area contributed by atoms with Crippen molar-refractivity contribution < 1.29 is 0 Å². The second kappa shape index (κ2) is 12.9. The van der Waals surface area contributed by atoms with E-state index in [1.54, 1.807) is 0 Å². The number of rotatable bonds is 8. The van der Waals surface area contributed by atoms with E-state index in [1.807, 2.05) is 0 Å². The Labute approximate surface area is 183 Å². The Morgan fingerprint density at radius 3 is 2.57 bits per heavy atom. The summed E-state index contributed by atoms with van der Waals surface area (Å²) in [6, 6.07) is 11.3. The van der Waals surface area contributed by atoms with Crippen LogP contribution in [0.4, 0.5) is 0 Å². The lowest BCUT2D eigenvalue weighted by molar-refractivity contribution is 0.198. The van der Waals surface area contributed by atoms with Gasteiger partial charge in [0.1, 0.15) is 0 Å². The Hall–Kier alpha value is -1.63. The van der Waals surface area contributed by atoms with Gasteiger partial charge in [-0.05, 0) is 64.9 Å². The van der Waals surface area contributed by atoms with Crippen molar-refractivity contribution in [2.45, 2.75) is 45.2 Å². The predicted molar refractivity (Wildman–Crippen MR) is 127 cm³/mol. The molecule has 2 aliphatic heterocycles. The minimum absolute atomic E-state index is 0.524. The van der Waals surface area contributed by atoms with Crippen LogP contribution in [-0.4, -0.2) is 92.7 Å². The molecule has 0 atom stereocenters. The summed E-state index contributed by atoms with van der Waals surface area (Å²) < 4.78 is 0. The highest BCUT2D eigenvalue weighted by molar-refractivity contribution is 5.80. The summed E-state index contributed by atoms with van der Waals surface area (Å²) in [6.07, 6.45) is 4.78. The van der Waals surface area contributed by atoms with Gasteiger partial charge >= 0.3 is 0 Å². The molecule has 0 unspecified atom stereocenters. The van der Waals surface area contributed by atoms with Crippen LogP contribution in [-0.2, 0) is 6.54 Å². The molecule has 2 aliphatic rings. The van der Waals surface area contributed by atoms with Crippen molar-refractivity contribution in [2.75, 3.05) is 66.0 Å². The molecular weight excluding hydrogens is 372 g/mol. The van der Waals surface area contributed by atoms with Gasteiger partial charge in [-0.1, -0.05) is 30.3 Å². The maximum Gasteiger partial charge on any atom is 0.191 e. The van der Waals surface area contributed by atoms with Gasteiger partial charge in [0.05, 0.1) is 0 Å². The van der Waals surface area contributed by atoms with E-state index in [9.17, 15) is 0 Å². The van der Waals surface area contributed by atoms with Gasteiger partial charge in [0.25, 0.3) is 0 Å². The molecule has 168 valence electrons. The fourth-order valence-corrected chi connectivity index (χ4v) is 4.40. The number of aliphatic imine (C=N–C) groups is 1. The summed E-state index contributed by atoms with van der Waals surface area (Å²) in [7, 11) is 2.23. The molecule has 0 aliphatic carbocycles. The van der Waals surface area contributed by atoms with E-state index >= 15 is 0 Å². The van der Waals surface area contributed by atoms with Crippen LogP contribution in [0, 0.1) is 0 Å². The Balaban J connectivity index is 1.36. The third-order valence-corrected chi connectivity index (χ3v) is 6.24. The number of hydrogen-bond acceptors (Lipinski definition) is 4. The fourth-order valence-electron chi connectivity index (χ4n) is 4.40. The van der Waals surface area contributed by atoms with Gasteiger partial charge in [0.15, 0.2) is 5.96 Å². The van der Waals surface area contributed by atoms with Crippen LogP contribution in [0.2, 0.25) is 0 Å². The molecule has 0 aromatic heterocycles. The maximum absolute atomic E-state index is 4.86. The third kappa shape index (κ3) is 8.25. The fraction of sp³-hybridized carbons (Fsp3) is 0.708. The monoisotopic (exact) mass is 414 g/mol. The van der Waals surface area contributed by atoms with Crippen molar-refractivity contribution >= 4 is 5.96 Å². The summed E-state index contributed by atoms with van der Waals surface area (Å²) in [5.74, 6) is 0.995. The molecule has 0 amide bonds. The van der Waals surface area contributed by atoms with Crippen LogP contribution >= 0.6 is 0 Å². The Bertz CT molecular complexity index is 611. The minimum Gasteiger partial charge on any atom is -0.357 e. The first-order valence-corrected chi connectivity index (χ1v) is 11.9. The Morgan fingerprint density at radius 2 is 1.80 bits per heavy atom. The zero-order valence-corrected chi connectivity index (χ0v) is 19.2. The zero-order valence-electron chi connectivity index (χ0n) is 19.2. The van der Waals surface area contributed by atoms with Crippen LogP contribution in [0.25, 0.3) is 0 Å². The predicted octanol–water partition coefficient (Wildman–Crippen LogP) is 2.23. The third-order valence-electron chi connectivity index (χ3n) is 6.24. The minimum atomic E-state index is 0.524. The summed E-state index contributed by atoms with van der Waals surface area (Å²) in [5, 5.41) is 7.13. The molecule has 6 nitrogen and oxygen atoms in total. The number of guanidine groups is 1. The van der Waals surface area contributed by atoms with Gasteiger partial charge in [-0.25, -0.2) is 0 Å². The number of likely N-dealkylation sites (N-methyl/N-ethyl adjacent to an activating group) is 1. The average molecular weight is 415 g/mol. The van der Waals surface area contributed by atoms with E-state index in [4.69, 9.17) is 4.99 Å². The lowest BCUT2D eigenvalue weighted by atomic mass is 10.0. The molecule has 2 saturated heterocycles. The van der Waals surface area contributed by atoms with Crippen LogP contribution in [0.3, 0.4) is 0 Å². The topological polar surface area (TPSA) is 46.1 Å². The molecular formula is C24H42N6. The van der Waals surface area contributed by atoms with E-state index in [0.29, 0.717) is 6.04 Å². The largest absolute Gasteiger partial charge is 0.357 e. The number of nitrogens with one attached hydrogen (secondary N) is 2. The summed E-state index contributed by atoms with van der Waals surface area (Å²) in [6.45, 7) is 13.3. The highest BCUT2D eigenvalue weighted by atomic mass is 15.2. The molecule has 0 spiro atoms. The molecule has 2 fully saturated rings. The summed E-state index contributed by atoms with van der Waals surface area (Å²) >= 11 is 0. The second-order valence-corrected chi connectivity index (χ2v) is 8.79. The van der Waals surface area contributed by atoms with Crippen LogP contribution in [0.15, 0.2) is 35.3 Å². The lowest BCUT2D eigenvalue weighted by Crippen LogP contribution is -2.48. The summed E-state index contributed by atoms with van der Waals surface area (Å²) in [4.78, 5) is 12.5. The molecule has 30 heavy (non-hydrogen) atoms.